The molecule has 5 nitrogen and oxygen atoms in total. The van der Waals surface area contributed by atoms with Crippen LogP contribution in [-0.4, -0.2) is 40.3 Å². The van der Waals surface area contributed by atoms with E-state index in [1.807, 2.05) is 33.1 Å². The Bertz CT molecular complexity index is 775. The summed E-state index contributed by atoms with van der Waals surface area (Å²) in [5, 5.41) is 5.72. The van der Waals surface area contributed by atoms with Crippen LogP contribution in [0.15, 0.2) is 29.6 Å². The molecular formula is C21H29N3O2S. The molecule has 0 saturated carbocycles. The van der Waals surface area contributed by atoms with E-state index in [0.29, 0.717) is 6.54 Å². The van der Waals surface area contributed by atoms with Gasteiger partial charge in [0.15, 0.2) is 0 Å². The summed E-state index contributed by atoms with van der Waals surface area (Å²) in [6, 6.07) is 8.35. The molecule has 2 amide bonds. The average Bonchev–Trinajstić information content (AvgIpc) is 3.06. The van der Waals surface area contributed by atoms with Crippen molar-refractivity contribution in [1.82, 2.24) is 15.2 Å². The van der Waals surface area contributed by atoms with E-state index in [1.54, 1.807) is 4.90 Å². The minimum atomic E-state index is -0.309. The van der Waals surface area contributed by atoms with E-state index in [1.165, 1.54) is 16.9 Å². The van der Waals surface area contributed by atoms with Gasteiger partial charge in [0, 0.05) is 23.0 Å². The maximum Gasteiger partial charge on any atom is 0.240 e. The van der Waals surface area contributed by atoms with Crippen molar-refractivity contribution in [3.05, 3.63) is 40.9 Å². The van der Waals surface area contributed by atoms with Crippen molar-refractivity contribution in [3.63, 3.8) is 0 Å². The van der Waals surface area contributed by atoms with Gasteiger partial charge in [-0.15, -0.1) is 11.3 Å². The Kier molecular flexibility index (Phi) is 7.13. The highest BCUT2D eigenvalue weighted by Gasteiger charge is 2.20. The molecule has 0 fully saturated rings. The van der Waals surface area contributed by atoms with Gasteiger partial charge in [-0.1, -0.05) is 31.2 Å². The van der Waals surface area contributed by atoms with Crippen molar-refractivity contribution in [2.75, 3.05) is 13.1 Å². The number of nitrogens with zero attached hydrogens (tertiary/aromatic N) is 2. The number of hydrogen-bond donors (Lipinski definition) is 1. The SMILES string of the molecule is CCc1ccc(-c2nc(CC(=O)N(CC)CC(=O)NC(C)(C)C)cs2)cc1. The van der Waals surface area contributed by atoms with Gasteiger partial charge in [0.2, 0.25) is 11.8 Å². The molecule has 1 aromatic carbocycles. The highest BCUT2D eigenvalue weighted by Crippen LogP contribution is 2.24. The van der Waals surface area contributed by atoms with Gasteiger partial charge in [0.25, 0.3) is 0 Å². The number of hydrogen-bond acceptors (Lipinski definition) is 4. The van der Waals surface area contributed by atoms with E-state index in [0.717, 1.165) is 22.7 Å². The van der Waals surface area contributed by atoms with E-state index in [9.17, 15) is 9.59 Å². The first kappa shape index (κ1) is 21.1. The summed E-state index contributed by atoms with van der Waals surface area (Å²) in [7, 11) is 0. The lowest BCUT2D eigenvalue weighted by Crippen LogP contribution is -2.47. The Morgan fingerprint density at radius 2 is 1.81 bits per heavy atom. The lowest BCUT2D eigenvalue weighted by molar-refractivity contribution is -0.135. The van der Waals surface area contributed by atoms with Crippen LogP contribution in [0.1, 0.15) is 45.9 Å². The zero-order chi connectivity index (χ0) is 20.0. The minimum absolute atomic E-state index is 0.0715. The molecule has 0 bridgehead atoms. The summed E-state index contributed by atoms with van der Waals surface area (Å²) in [5.74, 6) is -0.229. The van der Waals surface area contributed by atoms with Crippen LogP contribution in [0.5, 0.6) is 0 Å². The molecule has 1 heterocycles. The summed E-state index contributed by atoms with van der Waals surface area (Å²) in [6.45, 7) is 10.3. The van der Waals surface area contributed by atoms with E-state index in [2.05, 4.69) is 41.5 Å². The third-order valence-corrected chi connectivity index (χ3v) is 5.02. The second-order valence-electron chi connectivity index (χ2n) is 7.58. The summed E-state index contributed by atoms with van der Waals surface area (Å²) in [6.07, 6.45) is 1.22. The van der Waals surface area contributed by atoms with Gasteiger partial charge in [-0.05, 0) is 39.7 Å². The van der Waals surface area contributed by atoms with Crippen LogP contribution in [0.4, 0.5) is 0 Å². The monoisotopic (exact) mass is 387 g/mol. The molecule has 1 aromatic heterocycles. The van der Waals surface area contributed by atoms with E-state index < -0.39 is 0 Å². The van der Waals surface area contributed by atoms with Gasteiger partial charge >= 0.3 is 0 Å². The van der Waals surface area contributed by atoms with Gasteiger partial charge in [0.1, 0.15) is 5.01 Å². The molecule has 0 saturated heterocycles. The lowest BCUT2D eigenvalue weighted by Gasteiger charge is -2.25. The molecule has 0 radical (unpaired) electrons. The Morgan fingerprint density at radius 3 is 2.37 bits per heavy atom. The molecule has 6 heteroatoms. The summed E-state index contributed by atoms with van der Waals surface area (Å²) < 4.78 is 0. The fourth-order valence-electron chi connectivity index (χ4n) is 2.68. The van der Waals surface area contributed by atoms with Gasteiger partial charge < -0.3 is 10.2 Å². The fourth-order valence-corrected chi connectivity index (χ4v) is 3.50. The highest BCUT2D eigenvalue weighted by atomic mass is 32.1. The number of carbonyl (C=O) groups is 2. The van der Waals surface area contributed by atoms with Crippen molar-refractivity contribution in [2.24, 2.45) is 0 Å². The maximum absolute atomic E-state index is 12.6. The molecule has 0 aliphatic carbocycles. The Morgan fingerprint density at radius 1 is 1.15 bits per heavy atom. The van der Waals surface area contributed by atoms with Crippen LogP contribution < -0.4 is 5.32 Å². The zero-order valence-corrected chi connectivity index (χ0v) is 17.7. The number of carbonyl (C=O) groups excluding carboxylic acids is 2. The topological polar surface area (TPSA) is 62.3 Å². The molecular weight excluding hydrogens is 358 g/mol. The Hall–Kier alpha value is -2.21. The third kappa shape index (κ3) is 6.47. The molecule has 0 unspecified atom stereocenters. The molecule has 2 rings (SSSR count). The quantitative estimate of drug-likeness (QED) is 0.788. The summed E-state index contributed by atoms with van der Waals surface area (Å²) in [5.41, 5.74) is 2.79. The Labute approximate surface area is 165 Å². The number of likely N-dealkylation sites (N-methyl/N-ethyl adjacent to an activating group) is 1. The van der Waals surface area contributed by atoms with E-state index in [-0.39, 0.29) is 30.3 Å². The number of aromatic nitrogens is 1. The van der Waals surface area contributed by atoms with Gasteiger partial charge in [-0.3, -0.25) is 9.59 Å². The first-order valence-corrected chi connectivity index (χ1v) is 10.2. The van der Waals surface area contributed by atoms with Crippen LogP contribution in [0.25, 0.3) is 10.6 Å². The van der Waals surface area contributed by atoms with Crippen LogP contribution in [0.3, 0.4) is 0 Å². The molecule has 2 aromatic rings. The smallest absolute Gasteiger partial charge is 0.240 e. The van der Waals surface area contributed by atoms with Crippen molar-refractivity contribution < 1.29 is 9.59 Å². The molecule has 146 valence electrons. The lowest BCUT2D eigenvalue weighted by atomic mass is 10.1. The van der Waals surface area contributed by atoms with Crippen molar-refractivity contribution in [1.29, 1.82) is 0 Å². The zero-order valence-electron chi connectivity index (χ0n) is 16.8. The number of benzene rings is 1. The number of rotatable bonds is 7. The first-order valence-electron chi connectivity index (χ1n) is 9.34. The molecule has 0 aliphatic heterocycles. The second kappa shape index (κ2) is 9.13. The predicted molar refractivity (Wildman–Crippen MR) is 111 cm³/mol. The van der Waals surface area contributed by atoms with Crippen LogP contribution >= 0.6 is 11.3 Å². The molecule has 0 spiro atoms. The minimum Gasteiger partial charge on any atom is -0.350 e. The van der Waals surface area contributed by atoms with E-state index >= 15 is 0 Å². The summed E-state index contributed by atoms with van der Waals surface area (Å²) in [4.78, 5) is 30.9. The highest BCUT2D eigenvalue weighted by molar-refractivity contribution is 7.13. The first-order chi connectivity index (χ1) is 12.7. The van der Waals surface area contributed by atoms with Crippen LogP contribution in [-0.2, 0) is 22.4 Å². The fraction of sp³-hybridized carbons (Fsp3) is 0.476. The molecule has 1 N–H and O–H groups in total. The van der Waals surface area contributed by atoms with Crippen LogP contribution in [0, 0.1) is 0 Å². The van der Waals surface area contributed by atoms with Gasteiger partial charge in [-0.25, -0.2) is 4.98 Å². The second-order valence-corrected chi connectivity index (χ2v) is 8.44. The standard InChI is InChI=1S/C21H29N3O2S/c1-6-15-8-10-16(11-9-15)20-22-17(14-27-20)12-19(26)24(7-2)13-18(25)23-21(3,4)5/h8-11,14H,6-7,12-13H2,1-5H3,(H,23,25). The van der Waals surface area contributed by atoms with Crippen molar-refractivity contribution in [2.45, 2.75) is 53.0 Å². The number of nitrogens with one attached hydrogen (secondary N) is 1. The largest absolute Gasteiger partial charge is 0.350 e. The number of thiazole rings is 1. The van der Waals surface area contributed by atoms with E-state index in [4.69, 9.17) is 0 Å². The number of amides is 2. The van der Waals surface area contributed by atoms with Crippen LogP contribution in [0.2, 0.25) is 0 Å². The Balaban J connectivity index is 1.99. The maximum atomic E-state index is 12.6. The van der Waals surface area contributed by atoms with Crippen molar-refractivity contribution >= 4 is 23.2 Å². The van der Waals surface area contributed by atoms with Gasteiger partial charge in [0.05, 0.1) is 18.7 Å². The number of aryl methyl sites for hydroxylation is 1. The van der Waals surface area contributed by atoms with Crippen molar-refractivity contribution in [3.8, 4) is 10.6 Å². The van der Waals surface area contributed by atoms with Gasteiger partial charge in [-0.2, -0.15) is 0 Å². The normalized spacial score (nSPS) is 11.3. The third-order valence-electron chi connectivity index (χ3n) is 4.08. The summed E-state index contributed by atoms with van der Waals surface area (Å²) >= 11 is 1.54. The molecule has 0 aliphatic rings. The molecule has 0 atom stereocenters. The molecule has 27 heavy (non-hydrogen) atoms. The average molecular weight is 388 g/mol. The predicted octanol–water partition coefficient (Wildman–Crippen LogP) is 3.68.